The maximum absolute atomic E-state index is 11.6. The molecule has 2 aromatic rings. The lowest BCUT2D eigenvalue weighted by Crippen LogP contribution is -2.19. The quantitative estimate of drug-likeness (QED) is 0.909. The molecule has 4 heteroatoms. The standard InChI is InChI=1S/C17H19N3O/c1-3-20(12-6-4-11(2)5-7-12)13-8-9-14-15(10-13)19-17(21)16(14)18/h4-10,16H,3,18H2,1-2H3,(H,19,21). The second-order valence-electron chi connectivity index (χ2n) is 5.32. The lowest BCUT2D eigenvalue weighted by atomic mass is 10.1. The van der Waals surface area contributed by atoms with E-state index in [1.165, 1.54) is 5.56 Å². The molecule has 1 aliphatic heterocycles. The van der Waals surface area contributed by atoms with E-state index in [9.17, 15) is 4.79 Å². The number of benzene rings is 2. The number of hydrogen-bond donors (Lipinski definition) is 2. The van der Waals surface area contributed by atoms with E-state index < -0.39 is 6.04 Å². The lowest BCUT2D eigenvalue weighted by molar-refractivity contribution is -0.116. The van der Waals surface area contributed by atoms with Crippen molar-refractivity contribution in [2.75, 3.05) is 16.8 Å². The molecule has 3 rings (SSSR count). The van der Waals surface area contributed by atoms with Gasteiger partial charge in [0, 0.05) is 29.2 Å². The monoisotopic (exact) mass is 281 g/mol. The highest BCUT2D eigenvalue weighted by molar-refractivity contribution is 6.03. The van der Waals surface area contributed by atoms with Crippen molar-refractivity contribution < 1.29 is 4.79 Å². The van der Waals surface area contributed by atoms with E-state index in [2.05, 4.69) is 48.3 Å². The molecule has 0 fully saturated rings. The Labute approximate surface area is 124 Å². The van der Waals surface area contributed by atoms with Crippen LogP contribution < -0.4 is 16.0 Å². The van der Waals surface area contributed by atoms with E-state index in [1.54, 1.807) is 0 Å². The van der Waals surface area contributed by atoms with Gasteiger partial charge in [-0.15, -0.1) is 0 Å². The molecule has 1 aliphatic rings. The van der Waals surface area contributed by atoms with E-state index in [4.69, 9.17) is 5.73 Å². The zero-order valence-corrected chi connectivity index (χ0v) is 12.3. The maximum Gasteiger partial charge on any atom is 0.245 e. The molecular weight excluding hydrogens is 262 g/mol. The summed E-state index contributed by atoms with van der Waals surface area (Å²) in [6.07, 6.45) is 0. The number of carbonyl (C=O) groups is 1. The number of amides is 1. The summed E-state index contributed by atoms with van der Waals surface area (Å²) in [7, 11) is 0. The van der Waals surface area contributed by atoms with Gasteiger partial charge in [-0.2, -0.15) is 0 Å². The number of carbonyl (C=O) groups excluding carboxylic acids is 1. The fourth-order valence-corrected chi connectivity index (χ4v) is 2.68. The molecule has 0 radical (unpaired) electrons. The third-order valence-corrected chi connectivity index (χ3v) is 3.89. The van der Waals surface area contributed by atoms with Crippen LogP contribution >= 0.6 is 0 Å². The molecule has 4 nitrogen and oxygen atoms in total. The van der Waals surface area contributed by atoms with E-state index in [0.29, 0.717) is 0 Å². The molecule has 1 unspecified atom stereocenters. The Kier molecular flexibility index (Phi) is 3.39. The summed E-state index contributed by atoms with van der Waals surface area (Å²) in [6, 6.07) is 13.8. The summed E-state index contributed by atoms with van der Waals surface area (Å²) in [6.45, 7) is 5.03. The van der Waals surface area contributed by atoms with Crippen molar-refractivity contribution in [1.82, 2.24) is 0 Å². The number of hydrogen-bond acceptors (Lipinski definition) is 3. The van der Waals surface area contributed by atoms with Crippen molar-refractivity contribution >= 4 is 23.0 Å². The average Bonchev–Trinajstić information content (AvgIpc) is 2.77. The molecule has 0 saturated heterocycles. The van der Waals surface area contributed by atoms with Crippen molar-refractivity contribution in [3.8, 4) is 0 Å². The average molecular weight is 281 g/mol. The third-order valence-electron chi connectivity index (χ3n) is 3.89. The fraction of sp³-hybridized carbons (Fsp3) is 0.235. The Balaban J connectivity index is 1.97. The topological polar surface area (TPSA) is 58.4 Å². The second kappa shape index (κ2) is 5.22. The molecular formula is C17H19N3O. The first-order chi connectivity index (χ1) is 10.1. The number of rotatable bonds is 3. The Hall–Kier alpha value is -2.33. The molecule has 0 spiro atoms. The minimum Gasteiger partial charge on any atom is -0.342 e. The van der Waals surface area contributed by atoms with Crippen LogP contribution in [0.3, 0.4) is 0 Å². The van der Waals surface area contributed by atoms with Crippen LogP contribution in [0.5, 0.6) is 0 Å². The van der Waals surface area contributed by atoms with Gasteiger partial charge in [-0.25, -0.2) is 0 Å². The smallest absolute Gasteiger partial charge is 0.245 e. The van der Waals surface area contributed by atoms with E-state index in [0.717, 1.165) is 29.2 Å². The molecule has 108 valence electrons. The summed E-state index contributed by atoms with van der Waals surface area (Å²) in [5, 5.41) is 2.84. The van der Waals surface area contributed by atoms with Gasteiger partial charge in [0.1, 0.15) is 6.04 Å². The van der Waals surface area contributed by atoms with E-state index in [1.807, 2.05) is 18.2 Å². The highest BCUT2D eigenvalue weighted by Gasteiger charge is 2.27. The van der Waals surface area contributed by atoms with Crippen molar-refractivity contribution in [2.24, 2.45) is 5.73 Å². The predicted molar refractivity (Wildman–Crippen MR) is 85.9 cm³/mol. The van der Waals surface area contributed by atoms with Crippen LogP contribution in [0.4, 0.5) is 17.1 Å². The van der Waals surface area contributed by atoms with Crippen LogP contribution in [0.15, 0.2) is 42.5 Å². The Morgan fingerprint density at radius 3 is 2.48 bits per heavy atom. The minimum atomic E-state index is -0.552. The number of aryl methyl sites for hydroxylation is 1. The minimum absolute atomic E-state index is 0.138. The van der Waals surface area contributed by atoms with E-state index >= 15 is 0 Å². The summed E-state index contributed by atoms with van der Waals surface area (Å²) in [5.74, 6) is -0.138. The van der Waals surface area contributed by atoms with Gasteiger partial charge in [0.2, 0.25) is 5.91 Å². The molecule has 21 heavy (non-hydrogen) atoms. The predicted octanol–water partition coefficient (Wildman–Crippen LogP) is 3.10. The molecule has 3 N–H and O–H groups in total. The molecule has 0 aliphatic carbocycles. The summed E-state index contributed by atoms with van der Waals surface area (Å²) in [5.41, 5.74) is 11.0. The highest BCUT2D eigenvalue weighted by Crippen LogP contribution is 2.35. The van der Waals surface area contributed by atoms with Gasteiger partial charge >= 0.3 is 0 Å². The highest BCUT2D eigenvalue weighted by atomic mass is 16.2. The van der Waals surface area contributed by atoms with Gasteiger partial charge in [0.15, 0.2) is 0 Å². The van der Waals surface area contributed by atoms with Crippen LogP contribution in [0, 0.1) is 6.92 Å². The zero-order valence-electron chi connectivity index (χ0n) is 12.3. The SMILES string of the molecule is CCN(c1ccc(C)cc1)c1ccc2c(c1)NC(=O)C2N. The van der Waals surface area contributed by atoms with Crippen molar-refractivity contribution in [1.29, 1.82) is 0 Å². The van der Waals surface area contributed by atoms with E-state index in [-0.39, 0.29) is 5.91 Å². The van der Waals surface area contributed by atoms with Crippen LogP contribution in [0.2, 0.25) is 0 Å². The van der Waals surface area contributed by atoms with Crippen LogP contribution in [-0.2, 0) is 4.79 Å². The molecule has 2 aromatic carbocycles. The molecule has 0 saturated carbocycles. The van der Waals surface area contributed by atoms with Gasteiger partial charge in [-0.3, -0.25) is 4.79 Å². The van der Waals surface area contributed by atoms with Crippen molar-refractivity contribution in [3.05, 3.63) is 53.6 Å². The number of fused-ring (bicyclic) bond motifs is 1. The Bertz CT molecular complexity index is 679. The molecule has 0 aromatic heterocycles. The van der Waals surface area contributed by atoms with Gasteiger partial charge in [0.25, 0.3) is 0 Å². The normalized spacial score (nSPS) is 16.5. The fourth-order valence-electron chi connectivity index (χ4n) is 2.68. The summed E-state index contributed by atoms with van der Waals surface area (Å²) >= 11 is 0. The largest absolute Gasteiger partial charge is 0.342 e. The first kappa shape index (κ1) is 13.6. The lowest BCUT2D eigenvalue weighted by Gasteiger charge is -2.24. The first-order valence-electron chi connectivity index (χ1n) is 7.14. The summed E-state index contributed by atoms with van der Waals surface area (Å²) < 4.78 is 0. The number of nitrogens with zero attached hydrogens (tertiary/aromatic N) is 1. The van der Waals surface area contributed by atoms with Crippen LogP contribution in [-0.4, -0.2) is 12.5 Å². The van der Waals surface area contributed by atoms with Crippen LogP contribution in [0.25, 0.3) is 0 Å². The van der Waals surface area contributed by atoms with Crippen LogP contribution in [0.1, 0.15) is 24.1 Å². The van der Waals surface area contributed by atoms with Gasteiger partial charge in [-0.1, -0.05) is 23.8 Å². The third kappa shape index (κ3) is 2.38. The van der Waals surface area contributed by atoms with Gasteiger partial charge < -0.3 is 16.0 Å². The molecule has 1 amide bonds. The summed E-state index contributed by atoms with van der Waals surface area (Å²) in [4.78, 5) is 13.8. The van der Waals surface area contributed by atoms with Crippen molar-refractivity contribution in [3.63, 3.8) is 0 Å². The van der Waals surface area contributed by atoms with Gasteiger partial charge in [0.05, 0.1) is 0 Å². The molecule has 1 atom stereocenters. The molecule has 1 heterocycles. The Morgan fingerprint density at radius 2 is 1.81 bits per heavy atom. The molecule has 0 bridgehead atoms. The zero-order chi connectivity index (χ0) is 15.0. The number of nitrogens with two attached hydrogens (primary N) is 1. The Morgan fingerprint density at radius 1 is 1.14 bits per heavy atom. The first-order valence-corrected chi connectivity index (χ1v) is 7.14. The second-order valence-corrected chi connectivity index (χ2v) is 5.32. The van der Waals surface area contributed by atoms with Gasteiger partial charge in [-0.05, 0) is 38.1 Å². The maximum atomic E-state index is 11.6. The number of nitrogens with one attached hydrogen (secondary N) is 1. The number of anilines is 3. The van der Waals surface area contributed by atoms with Crippen molar-refractivity contribution in [2.45, 2.75) is 19.9 Å².